The molecule has 1 aliphatic rings. The predicted octanol–water partition coefficient (Wildman–Crippen LogP) is 1.24. The van der Waals surface area contributed by atoms with Crippen molar-refractivity contribution in [2.24, 2.45) is 5.92 Å². The van der Waals surface area contributed by atoms with Crippen LogP contribution in [-0.4, -0.2) is 42.3 Å². The van der Waals surface area contributed by atoms with Crippen LogP contribution in [0.5, 0.6) is 5.88 Å². The van der Waals surface area contributed by atoms with Gasteiger partial charge in [-0.2, -0.15) is 9.61 Å². The van der Waals surface area contributed by atoms with Gasteiger partial charge in [0.1, 0.15) is 5.65 Å². The molecule has 0 aromatic carbocycles. The van der Waals surface area contributed by atoms with E-state index >= 15 is 0 Å². The first kappa shape index (κ1) is 18.7. The summed E-state index contributed by atoms with van der Waals surface area (Å²) in [5.74, 6) is -2.21. The number of carbonyl (C=O) groups excluding carboxylic acids is 1. The van der Waals surface area contributed by atoms with Gasteiger partial charge < -0.3 is 15.5 Å². The molecule has 0 unspecified atom stereocenters. The Morgan fingerprint density at radius 3 is 2.63 bits per heavy atom. The van der Waals surface area contributed by atoms with Gasteiger partial charge in [-0.15, -0.1) is 0 Å². The van der Waals surface area contributed by atoms with Gasteiger partial charge in [-0.25, -0.2) is 4.79 Å². The van der Waals surface area contributed by atoms with Crippen molar-refractivity contribution >= 4 is 23.6 Å². The van der Waals surface area contributed by atoms with Crippen molar-refractivity contribution in [1.82, 2.24) is 19.5 Å². The summed E-state index contributed by atoms with van der Waals surface area (Å²) in [6.45, 7) is 5.53. The van der Waals surface area contributed by atoms with E-state index in [2.05, 4.69) is 10.4 Å². The zero-order chi connectivity index (χ0) is 19.9. The fourth-order valence-corrected chi connectivity index (χ4v) is 2.83. The number of fused-ring (bicyclic) bond motifs is 1. The normalized spacial score (nSPS) is 14.7. The highest BCUT2D eigenvalue weighted by atomic mass is 16.4. The van der Waals surface area contributed by atoms with Crippen molar-refractivity contribution in [3.05, 3.63) is 33.3 Å². The number of nitrogens with one attached hydrogen (secondary N) is 1. The van der Waals surface area contributed by atoms with Crippen molar-refractivity contribution in [2.75, 3.05) is 0 Å². The van der Waals surface area contributed by atoms with Crippen LogP contribution in [0.1, 0.15) is 49.5 Å². The Balaban J connectivity index is 2.26. The summed E-state index contributed by atoms with van der Waals surface area (Å²) in [5, 5.41) is 26.4. The number of aliphatic carboxylic acids is 1. The summed E-state index contributed by atoms with van der Waals surface area (Å²) in [6, 6.07) is 0.0277. The van der Waals surface area contributed by atoms with E-state index in [1.54, 1.807) is 0 Å². The highest BCUT2D eigenvalue weighted by Gasteiger charge is 2.29. The van der Waals surface area contributed by atoms with Crippen molar-refractivity contribution in [3.63, 3.8) is 0 Å². The number of carbonyl (C=O) groups is 2. The molecule has 0 spiro atoms. The van der Waals surface area contributed by atoms with Gasteiger partial charge in [0.25, 0.3) is 11.5 Å². The fraction of sp³-hybridized carbons (Fsp3) is 0.444. The lowest BCUT2D eigenvalue weighted by molar-refractivity contribution is -0.132. The van der Waals surface area contributed by atoms with E-state index < -0.39 is 23.3 Å². The zero-order valence-corrected chi connectivity index (χ0v) is 15.4. The lowest BCUT2D eigenvalue weighted by Crippen LogP contribution is -2.36. The molecule has 9 nitrogen and oxygen atoms in total. The van der Waals surface area contributed by atoms with Gasteiger partial charge in [0.15, 0.2) is 5.56 Å². The number of carboxylic acids is 1. The molecule has 0 bridgehead atoms. The maximum atomic E-state index is 13.0. The standard InChI is InChI=1S/C18H22N4O5/c1-9(2)8-21-15-11(6-10(3)18(26)27)7-19-22(15)17(25)13(16(21)24)14(23)20-12-4-5-12/h6-7,9,12,25H,4-5,8H2,1-3H3,(H,20,23)(H,26,27)/b10-6+. The molecule has 1 saturated carbocycles. The molecular weight excluding hydrogens is 352 g/mol. The quantitative estimate of drug-likeness (QED) is 0.653. The summed E-state index contributed by atoms with van der Waals surface area (Å²) in [6.07, 6.45) is 4.44. The Bertz CT molecular complexity index is 1010. The van der Waals surface area contributed by atoms with Gasteiger partial charge >= 0.3 is 5.97 Å². The second kappa shape index (κ2) is 6.90. The summed E-state index contributed by atoms with van der Waals surface area (Å²) in [7, 11) is 0. The third kappa shape index (κ3) is 3.57. The molecule has 9 heteroatoms. The number of aromatic hydroxyl groups is 1. The predicted molar refractivity (Wildman–Crippen MR) is 97.7 cm³/mol. The Hall–Kier alpha value is -3.10. The smallest absolute Gasteiger partial charge is 0.331 e. The SMILES string of the molecule is C/C(=C\c1cnn2c(O)c(C(=O)NC3CC3)c(=O)n(CC(C)C)c12)C(=O)O. The van der Waals surface area contributed by atoms with E-state index in [0.717, 1.165) is 17.4 Å². The Morgan fingerprint density at radius 2 is 2.07 bits per heavy atom. The third-order valence-electron chi connectivity index (χ3n) is 4.31. The Labute approximate surface area is 154 Å². The number of carboxylic acid groups (broad SMARTS) is 1. The molecule has 3 N–H and O–H groups in total. The highest BCUT2D eigenvalue weighted by molar-refractivity contribution is 5.97. The number of nitrogens with zero attached hydrogens (tertiary/aromatic N) is 3. The number of hydrogen-bond acceptors (Lipinski definition) is 5. The van der Waals surface area contributed by atoms with Gasteiger partial charge in [0.05, 0.1) is 6.20 Å². The largest absolute Gasteiger partial charge is 0.492 e. The average Bonchev–Trinajstić information content (AvgIpc) is 3.29. The number of amides is 1. The lowest BCUT2D eigenvalue weighted by Gasteiger charge is -2.15. The van der Waals surface area contributed by atoms with Crippen LogP contribution < -0.4 is 10.9 Å². The van der Waals surface area contributed by atoms with Crippen molar-refractivity contribution in [2.45, 2.75) is 46.2 Å². The second-order valence-electron chi connectivity index (χ2n) is 7.22. The molecule has 1 fully saturated rings. The molecule has 1 amide bonds. The molecular formula is C18H22N4O5. The van der Waals surface area contributed by atoms with Crippen LogP contribution in [0.3, 0.4) is 0 Å². The van der Waals surface area contributed by atoms with Crippen LogP contribution in [-0.2, 0) is 11.3 Å². The van der Waals surface area contributed by atoms with Crippen molar-refractivity contribution in [3.8, 4) is 5.88 Å². The zero-order valence-electron chi connectivity index (χ0n) is 15.4. The van der Waals surface area contributed by atoms with E-state index in [0.29, 0.717) is 5.56 Å². The molecule has 0 radical (unpaired) electrons. The number of hydrogen-bond donors (Lipinski definition) is 3. The highest BCUT2D eigenvalue weighted by Crippen LogP contribution is 2.24. The molecule has 0 saturated heterocycles. The molecule has 2 heterocycles. The Kier molecular flexibility index (Phi) is 4.77. The molecule has 27 heavy (non-hydrogen) atoms. The number of aromatic nitrogens is 3. The minimum absolute atomic E-state index is 0.0277. The maximum Gasteiger partial charge on any atom is 0.331 e. The first-order chi connectivity index (χ1) is 12.7. The van der Waals surface area contributed by atoms with E-state index in [1.807, 2.05) is 13.8 Å². The Morgan fingerprint density at radius 1 is 1.41 bits per heavy atom. The van der Waals surface area contributed by atoms with Crippen molar-refractivity contribution < 1.29 is 19.8 Å². The topological polar surface area (TPSA) is 126 Å². The van der Waals surface area contributed by atoms with E-state index in [9.17, 15) is 19.5 Å². The molecule has 0 aliphatic heterocycles. The molecule has 3 rings (SSSR count). The lowest BCUT2D eigenvalue weighted by atomic mass is 10.1. The monoisotopic (exact) mass is 374 g/mol. The van der Waals surface area contributed by atoms with Gasteiger partial charge in [-0.05, 0) is 31.8 Å². The fourth-order valence-electron chi connectivity index (χ4n) is 2.83. The van der Waals surface area contributed by atoms with Crippen LogP contribution in [0.25, 0.3) is 11.7 Å². The molecule has 144 valence electrons. The van der Waals surface area contributed by atoms with Crippen LogP contribution in [0.2, 0.25) is 0 Å². The molecule has 0 atom stereocenters. The van der Waals surface area contributed by atoms with E-state index in [1.165, 1.54) is 23.8 Å². The van der Waals surface area contributed by atoms with E-state index in [-0.39, 0.29) is 35.3 Å². The van der Waals surface area contributed by atoms with Crippen molar-refractivity contribution in [1.29, 1.82) is 0 Å². The summed E-state index contributed by atoms with van der Waals surface area (Å²) in [5.41, 5.74) is -0.311. The van der Waals surface area contributed by atoms with Crippen LogP contribution in [0.15, 0.2) is 16.6 Å². The van der Waals surface area contributed by atoms with Gasteiger partial charge in [0, 0.05) is 23.7 Å². The average molecular weight is 374 g/mol. The second-order valence-corrected chi connectivity index (χ2v) is 7.22. The van der Waals surface area contributed by atoms with Crippen LogP contribution in [0.4, 0.5) is 0 Å². The minimum Gasteiger partial charge on any atom is -0.492 e. The minimum atomic E-state index is -1.10. The first-order valence-electron chi connectivity index (χ1n) is 8.76. The van der Waals surface area contributed by atoms with Gasteiger partial charge in [-0.3, -0.25) is 14.2 Å². The van der Waals surface area contributed by atoms with Gasteiger partial charge in [-0.1, -0.05) is 13.8 Å². The molecule has 2 aromatic rings. The first-order valence-corrected chi connectivity index (χ1v) is 8.76. The van der Waals surface area contributed by atoms with Gasteiger partial charge in [0.2, 0.25) is 5.88 Å². The maximum absolute atomic E-state index is 13.0. The van der Waals surface area contributed by atoms with Crippen LogP contribution >= 0.6 is 0 Å². The third-order valence-corrected chi connectivity index (χ3v) is 4.31. The number of rotatable bonds is 6. The van der Waals surface area contributed by atoms with E-state index in [4.69, 9.17) is 5.11 Å². The summed E-state index contributed by atoms with van der Waals surface area (Å²) in [4.78, 5) is 36.6. The van der Waals surface area contributed by atoms with Crippen LogP contribution in [0, 0.1) is 5.92 Å². The summed E-state index contributed by atoms with van der Waals surface area (Å²) < 4.78 is 2.46. The molecule has 1 aliphatic carbocycles. The summed E-state index contributed by atoms with van der Waals surface area (Å²) >= 11 is 0. The molecule has 2 aromatic heterocycles.